The number of halogens is 2. The number of rotatable bonds is 3. The van der Waals surface area contributed by atoms with Crippen molar-refractivity contribution in [1.82, 2.24) is 4.98 Å². The van der Waals surface area contributed by atoms with E-state index in [-0.39, 0.29) is 0 Å². The molecule has 2 heterocycles. The maximum absolute atomic E-state index is 6.25. The smallest absolute Gasteiger partial charge is 0.130 e. The van der Waals surface area contributed by atoms with E-state index in [1.54, 1.807) is 12.3 Å². The Morgan fingerprint density at radius 1 is 1.20 bits per heavy atom. The van der Waals surface area contributed by atoms with Gasteiger partial charge in [-0.25, -0.2) is 0 Å². The zero-order chi connectivity index (χ0) is 14.1. The third-order valence-electron chi connectivity index (χ3n) is 3.05. The molecule has 4 nitrogen and oxygen atoms in total. The summed E-state index contributed by atoms with van der Waals surface area (Å²) in [5.74, 6) is 0. The highest BCUT2D eigenvalue weighted by Crippen LogP contribution is 2.47. The number of hydrogen-bond acceptors (Lipinski definition) is 4. The number of aromatic nitrogens is 1. The summed E-state index contributed by atoms with van der Waals surface area (Å²) in [5.41, 5.74) is 4.41. The first-order chi connectivity index (χ1) is 9.66. The molecule has 0 fully saturated rings. The highest BCUT2D eigenvalue weighted by atomic mass is 35.5. The van der Waals surface area contributed by atoms with Crippen molar-refractivity contribution in [2.45, 2.75) is 13.5 Å². The van der Waals surface area contributed by atoms with E-state index in [0.717, 1.165) is 22.6 Å². The largest absolute Gasteiger partial charge is 0.378 e. The first-order valence-electron chi connectivity index (χ1n) is 5.90. The summed E-state index contributed by atoms with van der Waals surface area (Å²) in [6, 6.07) is 3.66. The zero-order valence-corrected chi connectivity index (χ0v) is 12.9. The second kappa shape index (κ2) is 5.52. The molecule has 1 aromatic heterocycles. The molecule has 0 radical (unpaired) electrons. The Morgan fingerprint density at radius 2 is 2.00 bits per heavy atom. The molecule has 1 aliphatic rings. The number of nitrogens with zero attached hydrogens (tertiary/aromatic N) is 3. The van der Waals surface area contributed by atoms with Gasteiger partial charge in [-0.15, -0.1) is 0 Å². The average molecular weight is 325 g/mol. The normalized spacial score (nSPS) is 12.2. The number of benzene rings is 1. The second-order valence-electron chi connectivity index (χ2n) is 4.33. The molecule has 2 aromatic rings. The summed E-state index contributed by atoms with van der Waals surface area (Å²) >= 11 is 13.5. The van der Waals surface area contributed by atoms with Gasteiger partial charge in [0.15, 0.2) is 0 Å². The van der Waals surface area contributed by atoms with Crippen molar-refractivity contribution in [2.24, 2.45) is 8.73 Å². The fourth-order valence-corrected chi connectivity index (χ4v) is 3.09. The SMILES string of the molecule is Cc1ccncc1CNc1c(Cl)cc(Cl)c2c1N=S=N2. The summed E-state index contributed by atoms with van der Waals surface area (Å²) in [5, 5.41) is 4.35. The molecule has 0 saturated heterocycles. The first kappa shape index (κ1) is 13.5. The van der Waals surface area contributed by atoms with Crippen molar-refractivity contribution < 1.29 is 0 Å². The van der Waals surface area contributed by atoms with Crippen molar-refractivity contribution in [3.63, 3.8) is 0 Å². The summed E-state index contributed by atoms with van der Waals surface area (Å²) in [4.78, 5) is 4.13. The lowest BCUT2D eigenvalue weighted by Gasteiger charge is -2.13. The van der Waals surface area contributed by atoms with E-state index in [2.05, 4.69) is 19.0 Å². The van der Waals surface area contributed by atoms with E-state index in [9.17, 15) is 0 Å². The van der Waals surface area contributed by atoms with Crippen LogP contribution < -0.4 is 5.32 Å². The van der Waals surface area contributed by atoms with Crippen molar-refractivity contribution >= 4 is 51.6 Å². The van der Waals surface area contributed by atoms with Gasteiger partial charge in [0, 0.05) is 18.9 Å². The van der Waals surface area contributed by atoms with Crippen LogP contribution in [0.15, 0.2) is 33.3 Å². The van der Waals surface area contributed by atoms with E-state index in [4.69, 9.17) is 23.2 Å². The fraction of sp³-hybridized carbons (Fsp3) is 0.154. The molecular weight excluding hydrogens is 315 g/mol. The van der Waals surface area contributed by atoms with Crippen molar-refractivity contribution in [1.29, 1.82) is 0 Å². The number of hydrogen-bond donors (Lipinski definition) is 1. The van der Waals surface area contributed by atoms with E-state index < -0.39 is 0 Å². The topological polar surface area (TPSA) is 49.6 Å². The van der Waals surface area contributed by atoms with Gasteiger partial charge in [0.1, 0.15) is 11.4 Å². The Morgan fingerprint density at radius 3 is 2.80 bits per heavy atom. The highest BCUT2D eigenvalue weighted by Gasteiger charge is 2.18. The molecule has 0 bridgehead atoms. The summed E-state index contributed by atoms with van der Waals surface area (Å²) in [6.07, 6.45) is 3.61. The molecule has 0 spiro atoms. The maximum Gasteiger partial charge on any atom is 0.130 e. The van der Waals surface area contributed by atoms with Gasteiger partial charge in [-0.1, -0.05) is 23.2 Å². The second-order valence-corrected chi connectivity index (χ2v) is 5.68. The Bertz CT molecular complexity index is 754. The molecule has 7 heteroatoms. The number of anilines is 1. The van der Waals surface area contributed by atoms with Crippen LogP contribution in [0.3, 0.4) is 0 Å². The first-order valence-corrected chi connectivity index (χ1v) is 7.39. The molecule has 0 saturated carbocycles. The van der Waals surface area contributed by atoms with Crippen LogP contribution in [-0.2, 0) is 17.9 Å². The summed E-state index contributed by atoms with van der Waals surface area (Å²) < 4.78 is 8.44. The van der Waals surface area contributed by atoms with E-state index in [1.807, 2.05) is 19.2 Å². The predicted molar refractivity (Wildman–Crippen MR) is 84.3 cm³/mol. The van der Waals surface area contributed by atoms with Crippen molar-refractivity contribution in [2.75, 3.05) is 5.32 Å². The van der Waals surface area contributed by atoms with E-state index in [1.165, 1.54) is 5.56 Å². The van der Waals surface area contributed by atoms with Crippen molar-refractivity contribution in [3.8, 4) is 0 Å². The van der Waals surface area contributed by atoms with Crippen LogP contribution in [0.2, 0.25) is 10.0 Å². The van der Waals surface area contributed by atoms with Crippen LogP contribution in [0.25, 0.3) is 0 Å². The molecule has 0 aliphatic carbocycles. The Labute approximate surface area is 130 Å². The third-order valence-corrected chi connectivity index (χ3v) is 4.16. The van der Waals surface area contributed by atoms with Gasteiger partial charge in [0.05, 0.1) is 27.1 Å². The summed E-state index contributed by atoms with van der Waals surface area (Å²) in [6.45, 7) is 2.66. The molecule has 0 amide bonds. The predicted octanol–water partition coefficient (Wildman–Crippen LogP) is 5.04. The highest BCUT2D eigenvalue weighted by molar-refractivity contribution is 7.58. The third kappa shape index (κ3) is 2.44. The van der Waals surface area contributed by atoms with Gasteiger partial charge in [0.25, 0.3) is 0 Å². The minimum Gasteiger partial charge on any atom is -0.378 e. The lowest BCUT2D eigenvalue weighted by molar-refractivity contribution is 1.08. The van der Waals surface area contributed by atoms with Crippen LogP contribution in [0, 0.1) is 6.92 Å². The number of nitrogens with one attached hydrogen (secondary N) is 1. The molecule has 0 atom stereocenters. The fourth-order valence-electron chi connectivity index (χ4n) is 1.91. The quantitative estimate of drug-likeness (QED) is 0.734. The van der Waals surface area contributed by atoms with Crippen LogP contribution >= 0.6 is 23.2 Å². The number of aryl methyl sites for hydroxylation is 1. The zero-order valence-electron chi connectivity index (χ0n) is 10.5. The van der Waals surface area contributed by atoms with Crippen molar-refractivity contribution in [3.05, 3.63) is 45.7 Å². The average Bonchev–Trinajstić information content (AvgIpc) is 2.90. The molecule has 1 aromatic carbocycles. The van der Waals surface area contributed by atoms with Gasteiger partial charge in [-0.3, -0.25) is 4.98 Å². The molecule has 102 valence electrons. The monoisotopic (exact) mass is 324 g/mol. The van der Waals surface area contributed by atoms with Gasteiger partial charge in [-0.2, -0.15) is 8.73 Å². The molecule has 1 N–H and O–H groups in total. The van der Waals surface area contributed by atoms with Gasteiger partial charge >= 0.3 is 0 Å². The Kier molecular flexibility index (Phi) is 3.74. The molecule has 3 rings (SSSR count). The maximum atomic E-state index is 6.25. The standard InChI is InChI=1S/C13H10Cl2N4S/c1-7-2-3-16-5-8(7)6-17-11-9(14)4-10(15)12-13(11)19-20-18-12/h2-5,17H,6H2,1H3. The number of fused-ring (bicyclic) bond motifs is 1. The minimum atomic E-state index is 0.516. The lowest BCUT2D eigenvalue weighted by Crippen LogP contribution is -2.02. The van der Waals surface area contributed by atoms with Crippen LogP contribution in [0.1, 0.15) is 11.1 Å². The van der Waals surface area contributed by atoms with Crippen LogP contribution in [-0.4, -0.2) is 4.98 Å². The number of pyridine rings is 1. The summed E-state index contributed by atoms with van der Waals surface area (Å²) in [7, 11) is 0. The van der Waals surface area contributed by atoms with E-state index in [0.29, 0.717) is 28.0 Å². The molecule has 1 aliphatic heterocycles. The Hall–Kier alpha value is -1.43. The van der Waals surface area contributed by atoms with E-state index >= 15 is 0 Å². The molecule has 0 unspecified atom stereocenters. The van der Waals surface area contributed by atoms with Gasteiger partial charge < -0.3 is 5.32 Å². The van der Waals surface area contributed by atoms with Crippen LogP contribution in [0.5, 0.6) is 0 Å². The molecular formula is C13H10Cl2N4S. The van der Waals surface area contributed by atoms with Crippen LogP contribution in [0.4, 0.5) is 17.1 Å². The molecule has 20 heavy (non-hydrogen) atoms. The lowest BCUT2D eigenvalue weighted by atomic mass is 10.1. The van der Waals surface area contributed by atoms with Gasteiger partial charge in [0.2, 0.25) is 0 Å². The Balaban J connectivity index is 1.91. The minimum absolute atomic E-state index is 0.516. The van der Waals surface area contributed by atoms with Gasteiger partial charge in [-0.05, 0) is 30.2 Å².